The molecule has 0 radical (unpaired) electrons. The van der Waals surface area contributed by atoms with Crippen LogP contribution in [0.5, 0.6) is 0 Å². The van der Waals surface area contributed by atoms with Gasteiger partial charge in [0.15, 0.2) is 0 Å². The topological polar surface area (TPSA) is 52.7 Å². The van der Waals surface area contributed by atoms with Gasteiger partial charge in [0, 0.05) is 12.7 Å². The van der Waals surface area contributed by atoms with Gasteiger partial charge in [-0.05, 0) is 42.0 Å². The van der Waals surface area contributed by atoms with E-state index in [2.05, 4.69) is 23.1 Å². The second kappa shape index (κ2) is 5.64. The van der Waals surface area contributed by atoms with Gasteiger partial charge in [0.2, 0.25) is 0 Å². The Kier molecular flexibility index (Phi) is 4.15. The first kappa shape index (κ1) is 13.3. The summed E-state index contributed by atoms with van der Waals surface area (Å²) in [5.41, 5.74) is 2.09. The van der Waals surface area contributed by atoms with Gasteiger partial charge in [-0.2, -0.15) is 5.10 Å². The van der Waals surface area contributed by atoms with Gasteiger partial charge in [-0.1, -0.05) is 6.92 Å². The minimum Gasteiger partial charge on any atom is -0.292 e. The Morgan fingerprint density at radius 2 is 2.17 bits per heavy atom. The van der Waals surface area contributed by atoms with Gasteiger partial charge < -0.3 is 0 Å². The fourth-order valence-electron chi connectivity index (χ4n) is 1.80. The van der Waals surface area contributed by atoms with Crippen molar-refractivity contribution in [2.24, 2.45) is 0 Å². The molecule has 0 N–H and O–H groups in total. The molecule has 5 nitrogen and oxygen atoms in total. The minimum atomic E-state index is -0.00694. The number of aryl methyl sites for hydroxylation is 2. The number of aromatic nitrogens is 4. The molecule has 6 heteroatoms. The lowest BCUT2D eigenvalue weighted by Gasteiger charge is -2.07. The molecule has 0 aliphatic carbocycles. The van der Waals surface area contributed by atoms with Gasteiger partial charge in [0.05, 0.1) is 27.8 Å². The van der Waals surface area contributed by atoms with Crippen molar-refractivity contribution in [3.63, 3.8) is 0 Å². The Balaban J connectivity index is 2.36. The molecular weight excluding hydrogens is 343 g/mol. The van der Waals surface area contributed by atoms with Crippen molar-refractivity contribution in [2.75, 3.05) is 0 Å². The van der Waals surface area contributed by atoms with Crippen LogP contribution in [0, 0.1) is 3.57 Å². The van der Waals surface area contributed by atoms with Gasteiger partial charge in [-0.15, -0.1) is 0 Å². The summed E-state index contributed by atoms with van der Waals surface area (Å²) in [5.74, 6) is 0. The molecule has 2 aromatic heterocycles. The summed E-state index contributed by atoms with van der Waals surface area (Å²) >= 11 is 2.00. The van der Waals surface area contributed by atoms with Crippen LogP contribution in [0.3, 0.4) is 0 Å². The molecule has 2 rings (SSSR count). The lowest BCUT2D eigenvalue weighted by molar-refractivity contribution is 0.585. The first-order valence-electron chi connectivity index (χ1n) is 5.91. The number of halogens is 1. The molecule has 18 heavy (non-hydrogen) atoms. The van der Waals surface area contributed by atoms with Gasteiger partial charge in [0.1, 0.15) is 0 Å². The summed E-state index contributed by atoms with van der Waals surface area (Å²) in [6.07, 6.45) is 4.05. The highest BCUT2D eigenvalue weighted by atomic mass is 127. The normalized spacial score (nSPS) is 10.8. The SMILES string of the molecule is CCc1cc(Cn2cncc(I)c2=O)n(CC)n1. The smallest absolute Gasteiger partial charge is 0.267 e. The van der Waals surface area contributed by atoms with E-state index in [9.17, 15) is 4.79 Å². The zero-order valence-electron chi connectivity index (χ0n) is 10.4. The lowest BCUT2D eigenvalue weighted by Crippen LogP contribution is -2.24. The Labute approximate surface area is 119 Å². The molecule has 0 aliphatic heterocycles. The van der Waals surface area contributed by atoms with Crippen LogP contribution in [-0.4, -0.2) is 19.3 Å². The maximum atomic E-state index is 11.9. The molecule has 2 heterocycles. The van der Waals surface area contributed by atoms with E-state index in [-0.39, 0.29) is 5.56 Å². The van der Waals surface area contributed by atoms with Crippen LogP contribution >= 0.6 is 22.6 Å². The fraction of sp³-hybridized carbons (Fsp3) is 0.417. The molecule has 0 spiro atoms. The predicted molar refractivity (Wildman–Crippen MR) is 77.6 cm³/mol. The molecule has 0 bridgehead atoms. The van der Waals surface area contributed by atoms with E-state index in [1.807, 2.05) is 34.2 Å². The summed E-state index contributed by atoms with van der Waals surface area (Å²) in [6.45, 7) is 5.45. The van der Waals surface area contributed by atoms with Crippen LogP contribution in [0.1, 0.15) is 25.2 Å². The first-order chi connectivity index (χ1) is 8.65. The molecule has 0 saturated heterocycles. The van der Waals surface area contributed by atoms with E-state index in [4.69, 9.17) is 0 Å². The molecule has 0 aromatic carbocycles. The van der Waals surface area contributed by atoms with Crippen LogP contribution in [-0.2, 0) is 19.5 Å². The fourth-order valence-corrected chi connectivity index (χ4v) is 2.27. The molecule has 96 valence electrons. The van der Waals surface area contributed by atoms with Crippen molar-refractivity contribution in [1.82, 2.24) is 19.3 Å². The molecule has 0 amide bonds. The highest BCUT2D eigenvalue weighted by molar-refractivity contribution is 14.1. The van der Waals surface area contributed by atoms with E-state index in [1.54, 1.807) is 17.1 Å². The molecule has 0 atom stereocenters. The quantitative estimate of drug-likeness (QED) is 0.782. The minimum absolute atomic E-state index is 0.00694. The average Bonchev–Trinajstić information content (AvgIpc) is 2.77. The number of rotatable bonds is 4. The van der Waals surface area contributed by atoms with Crippen LogP contribution < -0.4 is 5.56 Å². The zero-order valence-corrected chi connectivity index (χ0v) is 12.6. The number of nitrogens with zero attached hydrogens (tertiary/aromatic N) is 4. The summed E-state index contributed by atoms with van der Waals surface area (Å²) in [7, 11) is 0. The van der Waals surface area contributed by atoms with Crippen LogP contribution in [0.4, 0.5) is 0 Å². The highest BCUT2D eigenvalue weighted by Crippen LogP contribution is 2.07. The third-order valence-corrected chi connectivity index (χ3v) is 3.51. The molecule has 2 aromatic rings. The summed E-state index contributed by atoms with van der Waals surface area (Å²) < 4.78 is 4.18. The zero-order chi connectivity index (χ0) is 13.1. The Bertz CT molecular complexity index is 602. The van der Waals surface area contributed by atoms with Crippen molar-refractivity contribution in [2.45, 2.75) is 33.4 Å². The highest BCUT2D eigenvalue weighted by Gasteiger charge is 2.08. The average molecular weight is 358 g/mol. The second-order valence-corrected chi connectivity index (χ2v) is 5.13. The number of hydrogen-bond donors (Lipinski definition) is 0. The third-order valence-electron chi connectivity index (χ3n) is 2.77. The molecule has 0 saturated carbocycles. The molecule has 0 aliphatic rings. The molecule has 0 fully saturated rings. The van der Waals surface area contributed by atoms with Crippen LogP contribution in [0.2, 0.25) is 0 Å². The monoisotopic (exact) mass is 358 g/mol. The predicted octanol–water partition coefficient (Wildman–Crippen LogP) is 1.67. The van der Waals surface area contributed by atoms with Crippen molar-refractivity contribution in [1.29, 1.82) is 0 Å². The summed E-state index contributed by atoms with van der Waals surface area (Å²) in [5, 5.41) is 4.47. The van der Waals surface area contributed by atoms with E-state index in [1.165, 1.54) is 0 Å². The number of hydrogen-bond acceptors (Lipinski definition) is 3. The maximum absolute atomic E-state index is 11.9. The van der Waals surface area contributed by atoms with Crippen molar-refractivity contribution in [3.8, 4) is 0 Å². The second-order valence-electron chi connectivity index (χ2n) is 3.97. The van der Waals surface area contributed by atoms with Crippen molar-refractivity contribution >= 4 is 22.6 Å². The van der Waals surface area contributed by atoms with Crippen LogP contribution in [0.25, 0.3) is 0 Å². The van der Waals surface area contributed by atoms with Gasteiger partial charge in [0.25, 0.3) is 5.56 Å². The summed E-state index contributed by atoms with van der Waals surface area (Å²) in [4.78, 5) is 16.0. The van der Waals surface area contributed by atoms with E-state index in [0.29, 0.717) is 10.1 Å². The first-order valence-corrected chi connectivity index (χ1v) is 6.99. The van der Waals surface area contributed by atoms with E-state index in [0.717, 1.165) is 24.4 Å². The van der Waals surface area contributed by atoms with E-state index < -0.39 is 0 Å². The Morgan fingerprint density at radius 3 is 2.83 bits per heavy atom. The third kappa shape index (κ3) is 2.63. The Morgan fingerprint density at radius 1 is 1.39 bits per heavy atom. The summed E-state index contributed by atoms with van der Waals surface area (Å²) in [6, 6.07) is 2.05. The lowest BCUT2D eigenvalue weighted by atomic mass is 10.3. The maximum Gasteiger partial charge on any atom is 0.267 e. The van der Waals surface area contributed by atoms with E-state index >= 15 is 0 Å². The van der Waals surface area contributed by atoms with Crippen LogP contribution in [0.15, 0.2) is 23.4 Å². The van der Waals surface area contributed by atoms with Gasteiger partial charge in [-0.3, -0.25) is 14.0 Å². The van der Waals surface area contributed by atoms with Crippen molar-refractivity contribution in [3.05, 3.63) is 43.9 Å². The van der Waals surface area contributed by atoms with Gasteiger partial charge >= 0.3 is 0 Å². The Hall–Kier alpha value is -1.18. The van der Waals surface area contributed by atoms with Gasteiger partial charge in [-0.25, -0.2) is 4.98 Å². The molecular formula is C12H15IN4O. The van der Waals surface area contributed by atoms with Crippen molar-refractivity contribution < 1.29 is 0 Å². The largest absolute Gasteiger partial charge is 0.292 e. The molecule has 0 unspecified atom stereocenters. The standard InChI is InChI=1S/C12H15IN4O/c1-3-9-5-10(17(4-2)15-9)7-16-8-14-6-11(13)12(16)18/h5-6,8H,3-4,7H2,1-2H3.